The summed E-state index contributed by atoms with van der Waals surface area (Å²) >= 11 is 1.89. The summed E-state index contributed by atoms with van der Waals surface area (Å²) in [7, 11) is 3.94. The third kappa shape index (κ3) is 8.39. The molecule has 0 rings (SSSR count). The fraction of sp³-hybridized carbons (Fsp3) is 1.00. The van der Waals surface area contributed by atoms with E-state index >= 15 is 0 Å². The maximum atomic E-state index is 5.28. The van der Waals surface area contributed by atoms with Gasteiger partial charge in [0, 0.05) is 37.5 Å². The van der Waals surface area contributed by atoms with Gasteiger partial charge in [0.2, 0.25) is 0 Å². The summed E-state index contributed by atoms with van der Waals surface area (Å²) in [5.74, 6) is 1.17. The number of likely N-dealkylation sites (N-methyl/N-ethyl adjacent to an activating group) is 1. The molecule has 4 heteroatoms. The Labute approximate surface area is 105 Å². The molecule has 0 aromatic carbocycles. The van der Waals surface area contributed by atoms with Crippen LogP contribution in [-0.4, -0.2) is 62.3 Å². The van der Waals surface area contributed by atoms with Crippen LogP contribution in [0, 0.1) is 0 Å². The van der Waals surface area contributed by atoms with Crippen LogP contribution in [0.3, 0.4) is 0 Å². The Bertz CT molecular complexity index is 171. The van der Waals surface area contributed by atoms with Crippen molar-refractivity contribution in [2.24, 2.45) is 0 Å². The Kier molecular flexibility index (Phi) is 8.46. The summed E-state index contributed by atoms with van der Waals surface area (Å²) in [6.45, 7) is 9.45. The lowest BCUT2D eigenvalue weighted by Crippen LogP contribution is -2.48. The third-order valence-corrected chi connectivity index (χ3v) is 3.09. The van der Waals surface area contributed by atoms with Crippen molar-refractivity contribution in [2.45, 2.75) is 32.4 Å². The Morgan fingerprint density at radius 3 is 2.44 bits per heavy atom. The van der Waals surface area contributed by atoms with E-state index in [0.29, 0.717) is 6.04 Å². The van der Waals surface area contributed by atoms with Crippen molar-refractivity contribution in [3.63, 3.8) is 0 Å². The third-order valence-electron chi connectivity index (χ3n) is 2.50. The smallest absolute Gasteiger partial charge is 0.0630 e. The summed E-state index contributed by atoms with van der Waals surface area (Å²) in [5, 5.41) is 3.54. The van der Waals surface area contributed by atoms with Crippen molar-refractivity contribution in [1.29, 1.82) is 0 Å². The highest BCUT2D eigenvalue weighted by molar-refractivity contribution is 7.98. The van der Waals surface area contributed by atoms with Crippen LogP contribution in [0.15, 0.2) is 0 Å². The molecule has 16 heavy (non-hydrogen) atoms. The minimum atomic E-state index is 0.173. The molecular formula is C12H28N2OS. The average molecular weight is 248 g/mol. The monoisotopic (exact) mass is 248 g/mol. The van der Waals surface area contributed by atoms with Gasteiger partial charge < -0.3 is 10.1 Å². The molecule has 0 saturated heterocycles. The van der Waals surface area contributed by atoms with Crippen LogP contribution >= 0.6 is 11.8 Å². The van der Waals surface area contributed by atoms with Gasteiger partial charge in [-0.2, -0.15) is 11.8 Å². The predicted molar refractivity (Wildman–Crippen MR) is 74.4 cm³/mol. The zero-order chi connectivity index (χ0) is 12.6. The van der Waals surface area contributed by atoms with E-state index in [1.165, 1.54) is 5.75 Å². The van der Waals surface area contributed by atoms with Crippen LogP contribution in [0.25, 0.3) is 0 Å². The highest BCUT2D eigenvalue weighted by Gasteiger charge is 2.17. The second-order valence-corrected chi connectivity index (χ2v) is 6.20. The molecule has 0 aliphatic heterocycles. The molecule has 0 spiro atoms. The zero-order valence-electron chi connectivity index (χ0n) is 11.7. The summed E-state index contributed by atoms with van der Waals surface area (Å²) in [4.78, 5) is 2.37. The van der Waals surface area contributed by atoms with E-state index in [1.807, 2.05) is 11.8 Å². The van der Waals surface area contributed by atoms with Crippen LogP contribution in [0.5, 0.6) is 0 Å². The predicted octanol–water partition coefficient (Wildman–Crippen LogP) is 1.68. The first kappa shape index (κ1) is 16.2. The quantitative estimate of drug-likeness (QED) is 0.706. The molecule has 0 aliphatic carbocycles. The van der Waals surface area contributed by atoms with E-state index < -0.39 is 0 Å². The Morgan fingerprint density at radius 2 is 2.00 bits per heavy atom. The second kappa shape index (κ2) is 8.34. The van der Waals surface area contributed by atoms with Gasteiger partial charge in [0.15, 0.2) is 0 Å². The molecule has 0 aliphatic rings. The van der Waals surface area contributed by atoms with Crippen LogP contribution in [0.1, 0.15) is 20.8 Å². The minimum absolute atomic E-state index is 0.173. The lowest BCUT2D eigenvalue weighted by atomic mass is 10.1. The van der Waals surface area contributed by atoms with E-state index in [1.54, 1.807) is 7.11 Å². The molecule has 0 radical (unpaired) electrons. The first-order valence-electron chi connectivity index (χ1n) is 5.84. The lowest BCUT2D eigenvalue weighted by molar-refractivity contribution is 0.105. The van der Waals surface area contributed by atoms with E-state index in [9.17, 15) is 0 Å². The van der Waals surface area contributed by atoms with Gasteiger partial charge in [0.1, 0.15) is 0 Å². The average Bonchev–Trinajstić information content (AvgIpc) is 2.19. The number of ether oxygens (including phenoxy) is 1. The molecule has 0 aromatic heterocycles. The van der Waals surface area contributed by atoms with Crippen molar-refractivity contribution in [3.8, 4) is 0 Å². The summed E-state index contributed by atoms with van der Waals surface area (Å²) in [5.41, 5.74) is 0.173. The van der Waals surface area contributed by atoms with Gasteiger partial charge in [-0.15, -0.1) is 0 Å². The van der Waals surface area contributed by atoms with Gasteiger partial charge in [-0.25, -0.2) is 0 Å². The molecule has 1 unspecified atom stereocenters. The number of hydrogen-bond donors (Lipinski definition) is 1. The van der Waals surface area contributed by atoms with Crippen LogP contribution in [0.4, 0.5) is 0 Å². The largest absolute Gasteiger partial charge is 0.383 e. The molecule has 0 saturated carbocycles. The number of thioether (sulfide) groups is 1. The van der Waals surface area contributed by atoms with E-state index in [2.05, 4.69) is 44.3 Å². The van der Waals surface area contributed by atoms with Gasteiger partial charge in [0.05, 0.1) is 6.61 Å². The Morgan fingerprint density at radius 1 is 1.38 bits per heavy atom. The van der Waals surface area contributed by atoms with E-state index in [-0.39, 0.29) is 5.54 Å². The zero-order valence-corrected chi connectivity index (χ0v) is 12.5. The van der Waals surface area contributed by atoms with Crippen molar-refractivity contribution >= 4 is 11.8 Å². The number of nitrogens with zero attached hydrogens (tertiary/aromatic N) is 1. The van der Waals surface area contributed by atoms with Gasteiger partial charge in [-0.1, -0.05) is 0 Å². The molecule has 1 atom stereocenters. The molecule has 3 nitrogen and oxygen atoms in total. The van der Waals surface area contributed by atoms with Crippen LogP contribution in [-0.2, 0) is 4.74 Å². The maximum absolute atomic E-state index is 5.28. The second-order valence-electron chi connectivity index (χ2n) is 5.21. The molecule has 98 valence electrons. The first-order valence-corrected chi connectivity index (χ1v) is 7.23. The number of methoxy groups -OCH3 is 1. The summed E-state index contributed by atoms with van der Waals surface area (Å²) < 4.78 is 5.28. The fourth-order valence-electron chi connectivity index (χ4n) is 1.38. The Hall–Kier alpha value is 0.230. The first-order chi connectivity index (χ1) is 7.40. The van der Waals surface area contributed by atoms with Gasteiger partial charge in [-0.05, 0) is 34.1 Å². The van der Waals surface area contributed by atoms with Crippen molar-refractivity contribution in [2.75, 3.05) is 45.9 Å². The highest BCUT2D eigenvalue weighted by atomic mass is 32.2. The topological polar surface area (TPSA) is 24.5 Å². The molecule has 0 bridgehead atoms. The van der Waals surface area contributed by atoms with E-state index in [0.717, 1.165) is 19.7 Å². The molecular weight excluding hydrogens is 220 g/mol. The maximum Gasteiger partial charge on any atom is 0.0630 e. The van der Waals surface area contributed by atoms with Crippen molar-refractivity contribution in [3.05, 3.63) is 0 Å². The van der Waals surface area contributed by atoms with Gasteiger partial charge >= 0.3 is 0 Å². The minimum Gasteiger partial charge on any atom is -0.383 e. The molecule has 0 fully saturated rings. The SMILES string of the molecule is COCC(CNC(C)(C)C)N(C)CCSC. The van der Waals surface area contributed by atoms with E-state index in [4.69, 9.17) is 4.74 Å². The summed E-state index contributed by atoms with van der Waals surface area (Å²) in [6, 6.07) is 0.455. The fourth-order valence-corrected chi connectivity index (χ4v) is 1.85. The molecule has 0 heterocycles. The standard InChI is InChI=1S/C12H28N2OS/c1-12(2,3)13-9-11(10-15-5)14(4)7-8-16-6/h11,13H,7-10H2,1-6H3. The van der Waals surface area contributed by atoms with Gasteiger partial charge in [-0.3, -0.25) is 4.90 Å². The molecule has 0 amide bonds. The number of hydrogen-bond acceptors (Lipinski definition) is 4. The molecule has 1 N–H and O–H groups in total. The van der Waals surface area contributed by atoms with Crippen molar-refractivity contribution < 1.29 is 4.74 Å². The molecule has 0 aromatic rings. The number of rotatable bonds is 8. The van der Waals surface area contributed by atoms with Crippen LogP contribution < -0.4 is 5.32 Å². The normalized spacial score (nSPS) is 14.4. The lowest BCUT2D eigenvalue weighted by Gasteiger charge is -2.31. The number of nitrogens with one attached hydrogen (secondary N) is 1. The van der Waals surface area contributed by atoms with Gasteiger partial charge in [0.25, 0.3) is 0 Å². The van der Waals surface area contributed by atoms with Crippen LogP contribution in [0.2, 0.25) is 0 Å². The Balaban J connectivity index is 4.04. The highest BCUT2D eigenvalue weighted by Crippen LogP contribution is 2.03. The van der Waals surface area contributed by atoms with Crippen molar-refractivity contribution in [1.82, 2.24) is 10.2 Å². The summed E-state index contributed by atoms with van der Waals surface area (Å²) in [6.07, 6.45) is 2.15.